The summed E-state index contributed by atoms with van der Waals surface area (Å²) in [5, 5.41) is 7.93. The van der Waals surface area contributed by atoms with Crippen LogP contribution in [0.2, 0.25) is 5.02 Å². The number of aryl methyl sites for hydroxylation is 1. The molecule has 1 amide bonds. The number of ether oxygens (including phenoxy) is 1. The highest BCUT2D eigenvalue weighted by Gasteiger charge is 2.31. The summed E-state index contributed by atoms with van der Waals surface area (Å²) >= 11 is 7.74. The number of hydrogen-bond donors (Lipinski definition) is 1. The standard InChI is InChI=1S/C23H24ClN3O4S/c1-4-10-27-11-9-15-17(12-27)32-22(19(15)23(29)30-3)25-21(28)18-13(2)31-26-20(18)14-7-5-6-8-16(14)24/h5-8H,4,9-12H2,1-3H3,(H,25,28). The quantitative estimate of drug-likeness (QED) is 0.497. The highest BCUT2D eigenvalue weighted by Crippen LogP contribution is 2.39. The molecule has 0 radical (unpaired) electrons. The molecule has 0 saturated heterocycles. The highest BCUT2D eigenvalue weighted by molar-refractivity contribution is 7.17. The van der Waals surface area contributed by atoms with E-state index in [9.17, 15) is 9.59 Å². The molecule has 0 unspecified atom stereocenters. The van der Waals surface area contributed by atoms with Crippen LogP contribution in [0.4, 0.5) is 5.00 Å². The van der Waals surface area contributed by atoms with E-state index in [4.69, 9.17) is 20.9 Å². The Bertz CT molecular complexity index is 1170. The first-order valence-corrected chi connectivity index (χ1v) is 11.6. The van der Waals surface area contributed by atoms with Gasteiger partial charge in [0.15, 0.2) is 0 Å². The highest BCUT2D eigenvalue weighted by atomic mass is 35.5. The van der Waals surface area contributed by atoms with Gasteiger partial charge < -0.3 is 14.6 Å². The van der Waals surface area contributed by atoms with Crippen molar-refractivity contribution in [2.45, 2.75) is 33.2 Å². The lowest BCUT2D eigenvalue weighted by molar-refractivity contribution is 0.0600. The van der Waals surface area contributed by atoms with Crippen molar-refractivity contribution in [3.8, 4) is 11.3 Å². The van der Waals surface area contributed by atoms with Gasteiger partial charge in [-0.25, -0.2) is 4.79 Å². The maximum atomic E-state index is 13.3. The third-order valence-corrected chi connectivity index (χ3v) is 6.97. The fourth-order valence-corrected chi connectivity index (χ4v) is 5.51. The molecule has 1 aromatic carbocycles. The maximum absolute atomic E-state index is 13.3. The fraction of sp³-hybridized carbons (Fsp3) is 0.348. The zero-order chi connectivity index (χ0) is 22.8. The van der Waals surface area contributed by atoms with Gasteiger partial charge in [0.1, 0.15) is 22.0 Å². The molecule has 0 fully saturated rings. The van der Waals surface area contributed by atoms with Gasteiger partial charge in [-0.2, -0.15) is 0 Å². The molecule has 0 aliphatic carbocycles. The number of methoxy groups -OCH3 is 1. The molecule has 1 aliphatic rings. The number of thiophene rings is 1. The van der Waals surface area contributed by atoms with Crippen molar-refractivity contribution < 1.29 is 18.8 Å². The van der Waals surface area contributed by atoms with E-state index in [1.807, 2.05) is 6.07 Å². The van der Waals surface area contributed by atoms with Gasteiger partial charge in [0.25, 0.3) is 5.91 Å². The maximum Gasteiger partial charge on any atom is 0.341 e. The average molecular weight is 474 g/mol. The molecule has 0 saturated carbocycles. The van der Waals surface area contributed by atoms with E-state index in [1.54, 1.807) is 25.1 Å². The van der Waals surface area contributed by atoms with Crippen molar-refractivity contribution in [3.05, 3.63) is 56.6 Å². The van der Waals surface area contributed by atoms with E-state index < -0.39 is 11.9 Å². The van der Waals surface area contributed by atoms with Crippen LogP contribution in [0.1, 0.15) is 50.3 Å². The molecule has 1 N–H and O–H groups in total. The Morgan fingerprint density at radius 2 is 2.09 bits per heavy atom. The number of hydrogen-bond acceptors (Lipinski definition) is 7. The van der Waals surface area contributed by atoms with Crippen LogP contribution in [0.15, 0.2) is 28.8 Å². The summed E-state index contributed by atoms with van der Waals surface area (Å²) < 4.78 is 10.4. The molecule has 168 valence electrons. The van der Waals surface area contributed by atoms with E-state index in [0.717, 1.165) is 42.9 Å². The van der Waals surface area contributed by atoms with Crippen LogP contribution in [0.5, 0.6) is 0 Å². The number of carbonyl (C=O) groups excluding carboxylic acids is 2. The van der Waals surface area contributed by atoms with E-state index >= 15 is 0 Å². The Labute approximate surface area is 195 Å². The van der Waals surface area contributed by atoms with Gasteiger partial charge in [0.05, 0.1) is 17.7 Å². The number of aromatic nitrogens is 1. The molecule has 3 aromatic rings. The molecule has 32 heavy (non-hydrogen) atoms. The molecule has 7 nitrogen and oxygen atoms in total. The number of anilines is 1. The minimum absolute atomic E-state index is 0.285. The Morgan fingerprint density at radius 1 is 1.31 bits per heavy atom. The Balaban J connectivity index is 1.70. The molecule has 3 heterocycles. The van der Waals surface area contributed by atoms with Gasteiger partial charge >= 0.3 is 5.97 Å². The summed E-state index contributed by atoms with van der Waals surface area (Å²) in [6, 6.07) is 7.13. The molecule has 0 spiro atoms. The normalized spacial score (nSPS) is 13.6. The number of benzene rings is 1. The minimum atomic E-state index is -0.449. The molecule has 9 heteroatoms. The van der Waals surface area contributed by atoms with Gasteiger partial charge in [-0.3, -0.25) is 9.69 Å². The summed E-state index contributed by atoms with van der Waals surface area (Å²) in [6.07, 6.45) is 1.80. The van der Waals surface area contributed by atoms with Crippen LogP contribution in [0, 0.1) is 6.92 Å². The van der Waals surface area contributed by atoms with E-state index in [1.165, 1.54) is 18.4 Å². The molecular formula is C23H24ClN3O4S. The Morgan fingerprint density at radius 3 is 2.81 bits per heavy atom. The molecule has 2 aromatic heterocycles. The Kier molecular flexibility index (Phi) is 6.64. The molecular weight excluding hydrogens is 450 g/mol. The van der Waals surface area contributed by atoms with E-state index in [0.29, 0.717) is 32.6 Å². The summed E-state index contributed by atoms with van der Waals surface area (Å²) in [5.41, 5.74) is 2.64. The molecule has 0 atom stereocenters. The monoisotopic (exact) mass is 473 g/mol. The number of nitrogens with one attached hydrogen (secondary N) is 1. The topological polar surface area (TPSA) is 84.7 Å². The van der Waals surface area contributed by atoms with Gasteiger partial charge in [0.2, 0.25) is 0 Å². The summed E-state index contributed by atoms with van der Waals surface area (Å²) in [4.78, 5) is 29.4. The van der Waals surface area contributed by atoms with Gasteiger partial charge in [-0.1, -0.05) is 41.9 Å². The van der Waals surface area contributed by atoms with Crippen molar-refractivity contribution in [1.82, 2.24) is 10.1 Å². The number of carbonyl (C=O) groups is 2. The number of esters is 1. The van der Waals surface area contributed by atoms with Crippen LogP contribution >= 0.6 is 22.9 Å². The number of fused-ring (bicyclic) bond motifs is 1. The number of amides is 1. The SMILES string of the molecule is CCCN1CCc2c(sc(NC(=O)c3c(-c4ccccc4Cl)noc3C)c2C(=O)OC)C1. The van der Waals surface area contributed by atoms with Crippen LogP contribution in [0.25, 0.3) is 11.3 Å². The summed E-state index contributed by atoms with van der Waals surface area (Å²) in [5.74, 6) is -0.490. The largest absolute Gasteiger partial charge is 0.465 e. The van der Waals surface area contributed by atoms with Gasteiger partial charge in [-0.15, -0.1) is 11.3 Å². The van der Waals surface area contributed by atoms with Gasteiger partial charge in [-0.05, 0) is 37.9 Å². The number of rotatable bonds is 6. The first-order valence-electron chi connectivity index (χ1n) is 10.4. The molecule has 0 bridgehead atoms. The predicted octanol–water partition coefficient (Wildman–Crippen LogP) is 5.17. The average Bonchev–Trinajstić information content (AvgIpc) is 3.33. The van der Waals surface area contributed by atoms with Crippen molar-refractivity contribution in [3.63, 3.8) is 0 Å². The van der Waals surface area contributed by atoms with Crippen molar-refractivity contribution in [1.29, 1.82) is 0 Å². The third kappa shape index (κ3) is 4.18. The van der Waals surface area contributed by atoms with E-state index in [-0.39, 0.29) is 5.56 Å². The minimum Gasteiger partial charge on any atom is -0.465 e. The second-order valence-corrected chi connectivity index (χ2v) is 9.13. The van der Waals surface area contributed by atoms with Gasteiger partial charge in [0, 0.05) is 23.5 Å². The smallest absolute Gasteiger partial charge is 0.341 e. The first kappa shape index (κ1) is 22.5. The fourth-order valence-electron chi connectivity index (χ4n) is 4.01. The summed E-state index contributed by atoms with van der Waals surface area (Å²) in [6.45, 7) is 6.44. The number of halogens is 1. The van der Waals surface area contributed by atoms with Crippen LogP contribution < -0.4 is 5.32 Å². The Hall–Kier alpha value is -2.68. The van der Waals surface area contributed by atoms with E-state index in [2.05, 4.69) is 22.3 Å². The lowest BCUT2D eigenvalue weighted by atomic mass is 10.0. The van der Waals surface area contributed by atoms with Crippen LogP contribution in [-0.4, -0.2) is 42.1 Å². The van der Waals surface area contributed by atoms with Crippen LogP contribution in [0.3, 0.4) is 0 Å². The van der Waals surface area contributed by atoms with Crippen molar-refractivity contribution in [2.75, 3.05) is 25.5 Å². The zero-order valence-electron chi connectivity index (χ0n) is 18.2. The third-order valence-electron chi connectivity index (χ3n) is 5.51. The summed E-state index contributed by atoms with van der Waals surface area (Å²) in [7, 11) is 1.35. The number of nitrogens with zero attached hydrogens (tertiary/aromatic N) is 2. The second-order valence-electron chi connectivity index (χ2n) is 7.62. The lowest BCUT2D eigenvalue weighted by Gasteiger charge is -2.26. The predicted molar refractivity (Wildman–Crippen MR) is 125 cm³/mol. The second kappa shape index (κ2) is 9.44. The van der Waals surface area contributed by atoms with Crippen LogP contribution in [-0.2, 0) is 17.7 Å². The van der Waals surface area contributed by atoms with Crippen molar-refractivity contribution >= 4 is 39.8 Å². The zero-order valence-corrected chi connectivity index (χ0v) is 19.7. The molecule has 4 rings (SSSR count). The first-order chi connectivity index (χ1) is 15.4. The lowest BCUT2D eigenvalue weighted by Crippen LogP contribution is -2.30. The molecule has 1 aliphatic heterocycles. The van der Waals surface area contributed by atoms with Crippen molar-refractivity contribution in [2.24, 2.45) is 0 Å².